The van der Waals surface area contributed by atoms with E-state index in [1.807, 2.05) is 0 Å². The normalized spacial score (nSPS) is 17.8. The maximum Gasteiger partial charge on any atom is 0.257 e. The second kappa shape index (κ2) is 6.83. The van der Waals surface area contributed by atoms with Gasteiger partial charge in [-0.3, -0.25) is 4.79 Å². The zero-order valence-corrected chi connectivity index (χ0v) is 13.2. The van der Waals surface area contributed by atoms with Crippen molar-refractivity contribution in [2.75, 3.05) is 19.7 Å². The topological polar surface area (TPSA) is 29.5 Å². The lowest BCUT2D eigenvalue weighted by Crippen LogP contribution is -2.42. The summed E-state index contributed by atoms with van der Waals surface area (Å²) < 4.78 is 45.8. The number of halogens is 4. The monoisotopic (exact) mass is 355 g/mol. The van der Waals surface area contributed by atoms with Crippen LogP contribution in [-0.2, 0) is 4.74 Å². The molecule has 3 nitrogen and oxygen atoms in total. The van der Waals surface area contributed by atoms with Gasteiger partial charge in [0.25, 0.3) is 5.91 Å². The lowest BCUT2D eigenvalue weighted by atomic mass is 10.1. The van der Waals surface area contributed by atoms with Gasteiger partial charge in [-0.2, -0.15) is 0 Å². The molecule has 0 N–H and O–H groups in total. The summed E-state index contributed by atoms with van der Waals surface area (Å²) >= 11 is 6.13. The highest BCUT2D eigenvalue weighted by Gasteiger charge is 2.29. The summed E-state index contributed by atoms with van der Waals surface area (Å²) in [5, 5.41) is 0.496. The molecule has 1 amide bonds. The van der Waals surface area contributed by atoms with Crippen LogP contribution in [0.25, 0.3) is 0 Å². The molecule has 0 saturated carbocycles. The van der Waals surface area contributed by atoms with Crippen LogP contribution in [0, 0.1) is 17.5 Å². The Morgan fingerprint density at radius 3 is 2.62 bits per heavy atom. The highest BCUT2D eigenvalue weighted by molar-refractivity contribution is 6.31. The van der Waals surface area contributed by atoms with Crippen LogP contribution in [0.2, 0.25) is 5.02 Å². The standard InChI is InChI=1S/C17H13ClF3NO2/c18-12-4-2-1-3-10(12)14-9-22(7-8-24-14)17(23)11-5-6-13(19)16(21)15(11)20/h1-6,14H,7-9H2. The summed E-state index contributed by atoms with van der Waals surface area (Å²) in [6, 6.07) is 8.72. The molecule has 1 aliphatic heterocycles. The van der Waals surface area contributed by atoms with Gasteiger partial charge in [-0.25, -0.2) is 13.2 Å². The van der Waals surface area contributed by atoms with Crippen molar-refractivity contribution >= 4 is 17.5 Å². The van der Waals surface area contributed by atoms with Gasteiger partial charge in [0.15, 0.2) is 17.5 Å². The van der Waals surface area contributed by atoms with Gasteiger partial charge in [-0.1, -0.05) is 29.8 Å². The van der Waals surface area contributed by atoms with Gasteiger partial charge in [-0.05, 0) is 18.2 Å². The van der Waals surface area contributed by atoms with Crippen molar-refractivity contribution in [2.45, 2.75) is 6.10 Å². The SMILES string of the molecule is O=C(c1ccc(F)c(F)c1F)N1CCOC(c2ccccc2Cl)C1. The fourth-order valence-corrected chi connectivity index (χ4v) is 2.88. The zero-order valence-electron chi connectivity index (χ0n) is 12.4. The molecule has 0 spiro atoms. The Morgan fingerprint density at radius 1 is 1.12 bits per heavy atom. The summed E-state index contributed by atoms with van der Waals surface area (Å²) in [5.41, 5.74) is 0.205. The Morgan fingerprint density at radius 2 is 1.88 bits per heavy atom. The van der Waals surface area contributed by atoms with Gasteiger partial charge in [0.05, 0.1) is 18.7 Å². The van der Waals surface area contributed by atoms with Gasteiger partial charge in [0.1, 0.15) is 6.10 Å². The molecule has 126 valence electrons. The molecule has 1 atom stereocenters. The van der Waals surface area contributed by atoms with Crippen molar-refractivity contribution in [3.63, 3.8) is 0 Å². The lowest BCUT2D eigenvalue weighted by molar-refractivity contribution is -0.0229. The average Bonchev–Trinajstić information content (AvgIpc) is 2.60. The van der Waals surface area contributed by atoms with Crippen LogP contribution in [0.3, 0.4) is 0 Å². The number of carbonyl (C=O) groups excluding carboxylic acids is 1. The minimum Gasteiger partial charge on any atom is -0.370 e. The summed E-state index contributed by atoms with van der Waals surface area (Å²) in [4.78, 5) is 13.8. The number of hydrogen-bond acceptors (Lipinski definition) is 2. The van der Waals surface area contributed by atoms with E-state index in [1.54, 1.807) is 24.3 Å². The predicted molar refractivity (Wildman–Crippen MR) is 82.4 cm³/mol. The van der Waals surface area contributed by atoms with Crippen LogP contribution in [-0.4, -0.2) is 30.5 Å². The maximum atomic E-state index is 13.8. The second-order valence-electron chi connectivity index (χ2n) is 5.36. The highest BCUT2D eigenvalue weighted by atomic mass is 35.5. The number of carbonyl (C=O) groups is 1. The molecule has 2 aromatic rings. The van der Waals surface area contributed by atoms with Crippen LogP contribution in [0.15, 0.2) is 36.4 Å². The van der Waals surface area contributed by atoms with Gasteiger partial charge >= 0.3 is 0 Å². The molecule has 0 radical (unpaired) electrons. The number of rotatable bonds is 2. The summed E-state index contributed by atoms with van der Waals surface area (Å²) in [7, 11) is 0. The lowest BCUT2D eigenvalue weighted by Gasteiger charge is -2.33. The quantitative estimate of drug-likeness (QED) is 0.763. The largest absolute Gasteiger partial charge is 0.370 e. The van der Waals surface area contributed by atoms with E-state index in [2.05, 4.69) is 0 Å². The van der Waals surface area contributed by atoms with Crippen LogP contribution < -0.4 is 0 Å². The Hall–Kier alpha value is -2.05. The molecular formula is C17H13ClF3NO2. The molecule has 7 heteroatoms. The summed E-state index contributed by atoms with van der Waals surface area (Å²) in [6.45, 7) is 0.589. The van der Waals surface area contributed by atoms with E-state index in [9.17, 15) is 18.0 Å². The Kier molecular flexibility index (Phi) is 4.78. The average molecular weight is 356 g/mol. The first kappa shape index (κ1) is 16.8. The van der Waals surface area contributed by atoms with Crippen molar-refractivity contribution in [2.24, 2.45) is 0 Å². The fourth-order valence-electron chi connectivity index (χ4n) is 2.62. The molecular weight excluding hydrogens is 343 g/mol. The van der Waals surface area contributed by atoms with Gasteiger partial charge < -0.3 is 9.64 Å². The first-order valence-electron chi connectivity index (χ1n) is 7.28. The Balaban J connectivity index is 1.84. The van der Waals surface area contributed by atoms with Crippen LogP contribution in [0.5, 0.6) is 0 Å². The number of benzene rings is 2. The Bertz CT molecular complexity index is 784. The van der Waals surface area contributed by atoms with E-state index in [1.165, 1.54) is 4.90 Å². The smallest absolute Gasteiger partial charge is 0.257 e. The molecule has 1 aliphatic rings. The minimum atomic E-state index is -1.66. The van der Waals surface area contributed by atoms with Crippen molar-refractivity contribution in [1.82, 2.24) is 4.90 Å². The van der Waals surface area contributed by atoms with E-state index in [0.29, 0.717) is 10.6 Å². The van der Waals surface area contributed by atoms with Crippen LogP contribution in [0.1, 0.15) is 22.0 Å². The Labute approximate surface area is 141 Å². The molecule has 0 aliphatic carbocycles. The molecule has 0 bridgehead atoms. The van der Waals surface area contributed by atoms with E-state index in [4.69, 9.17) is 16.3 Å². The number of hydrogen-bond donors (Lipinski definition) is 0. The third-order valence-electron chi connectivity index (χ3n) is 3.87. The minimum absolute atomic E-state index is 0.140. The summed E-state index contributed by atoms with van der Waals surface area (Å²) in [6.07, 6.45) is -0.468. The fraction of sp³-hybridized carbons (Fsp3) is 0.235. The van der Waals surface area contributed by atoms with Gasteiger partial charge in [0, 0.05) is 17.1 Å². The van der Waals surface area contributed by atoms with Crippen molar-refractivity contribution < 1.29 is 22.7 Å². The second-order valence-corrected chi connectivity index (χ2v) is 5.76. The molecule has 1 unspecified atom stereocenters. The molecule has 1 heterocycles. The third-order valence-corrected chi connectivity index (χ3v) is 4.22. The first-order valence-corrected chi connectivity index (χ1v) is 7.65. The third kappa shape index (κ3) is 3.12. The molecule has 3 rings (SSSR count). The highest BCUT2D eigenvalue weighted by Crippen LogP contribution is 2.29. The van der Waals surface area contributed by atoms with Crippen LogP contribution >= 0.6 is 11.6 Å². The number of morpholine rings is 1. The van der Waals surface area contributed by atoms with Gasteiger partial charge in [-0.15, -0.1) is 0 Å². The van der Waals surface area contributed by atoms with E-state index in [0.717, 1.165) is 12.1 Å². The molecule has 1 saturated heterocycles. The van der Waals surface area contributed by atoms with E-state index in [-0.39, 0.29) is 19.7 Å². The first-order chi connectivity index (χ1) is 11.5. The van der Waals surface area contributed by atoms with E-state index >= 15 is 0 Å². The predicted octanol–water partition coefficient (Wildman–Crippen LogP) is 3.97. The van der Waals surface area contributed by atoms with Crippen molar-refractivity contribution in [1.29, 1.82) is 0 Å². The molecule has 2 aromatic carbocycles. The number of nitrogens with zero attached hydrogens (tertiary/aromatic N) is 1. The molecule has 0 aromatic heterocycles. The number of amides is 1. The van der Waals surface area contributed by atoms with Crippen molar-refractivity contribution in [3.8, 4) is 0 Å². The zero-order chi connectivity index (χ0) is 17.3. The van der Waals surface area contributed by atoms with Crippen molar-refractivity contribution in [3.05, 3.63) is 70.0 Å². The summed E-state index contributed by atoms with van der Waals surface area (Å²) in [5.74, 6) is -5.19. The maximum absolute atomic E-state index is 13.8. The van der Waals surface area contributed by atoms with E-state index < -0.39 is 35.0 Å². The van der Waals surface area contributed by atoms with Crippen LogP contribution in [0.4, 0.5) is 13.2 Å². The van der Waals surface area contributed by atoms with Gasteiger partial charge in [0.2, 0.25) is 0 Å². The molecule has 24 heavy (non-hydrogen) atoms. The number of ether oxygens (including phenoxy) is 1. The molecule has 1 fully saturated rings.